The third-order valence-corrected chi connectivity index (χ3v) is 4.48. The topological polar surface area (TPSA) is 96.8 Å². The SMILES string of the molecule is COc1ccc(C(CC(=O)O)N2C[C@H](CCCCC(C)=O)C2=O)cn1. The van der Waals surface area contributed by atoms with Gasteiger partial charge in [-0.15, -0.1) is 0 Å². The summed E-state index contributed by atoms with van der Waals surface area (Å²) in [4.78, 5) is 40.3. The van der Waals surface area contributed by atoms with Crippen LogP contribution in [0.2, 0.25) is 0 Å². The van der Waals surface area contributed by atoms with Gasteiger partial charge >= 0.3 is 5.97 Å². The fourth-order valence-corrected chi connectivity index (χ4v) is 3.07. The quantitative estimate of drug-likeness (QED) is 0.514. The van der Waals surface area contributed by atoms with Crippen LogP contribution >= 0.6 is 0 Å². The smallest absolute Gasteiger partial charge is 0.305 e. The third kappa shape index (κ3) is 5.01. The van der Waals surface area contributed by atoms with E-state index >= 15 is 0 Å². The molecule has 1 saturated heterocycles. The van der Waals surface area contributed by atoms with Gasteiger partial charge in [-0.1, -0.05) is 12.5 Å². The lowest BCUT2D eigenvalue weighted by molar-refractivity contribution is -0.154. The number of carbonyl (C=O) groups is 3. The highest BCUT2D eigenvalue weighted by molar-refractivity contribution is 5.85. The number of pyridine rings is 1. The number of amides is 1. The Morgan fingerprint density at radius 2 is 2.16 bits per heavy atom. The molecule has 1 unspecified atom stereocenters. The number of methoxy groups -OCH3 is 1. The van der Waals surface area contributed by atoms with Crippen LogP contribution in [0.3, 0.4) is 0 Å². The molecule has 25 heavy (non-hydrogen) atoms. The molecule has 0 aromatic carbocycles. The molecule has 7 nitrogen and oxygen atoms in total. The molecule has 0 spiro atoms. The number of hydrogen-bond acceptors (Lipinski definition) is 5. The van der Waals surface area contributed by atoms with Crippen LogP contribution in [0, 0.1) is 5.92 Å². The van der Waals surface area contributed by atoms with Crippen LogP contribution in [0.1, 0.15) is 50.6 Å². The molecule has 1 aromatic heterocycles. The van der Waals surface area contributed by atoms with Gasteiger partial charge in [0.25, 0.3) is 0 Å². The minimum Gasteiger partial charge on any atom is -0.481 e. The van der Waals surface area contributed by atoms with Crippen molar-refractivity contribution in [3.63, 3.8) is 0 Å². The molecule has 7 heteroatoms. The molecule has 136 valence electrons. The van der Waals surface area contributed by atoms with Crippen molar-refractivity contribution in [2.24, 2.45) is 5.92 Å². The third-order valence-electron chi connectivity index (χ3n) is 4.48. The number of carboxylic acids is 1. The molecule has 0 radical (unpaired) electrons. The summed E-state index contributed by atoms with van der Waals surface area (Å²) >= 11 is 0. The van der Waals surface area contributed by atoms with Crippen molar-refractivity contribution in [1.29, 1.82) is 0 Å². The molecule has 0 aliphatic carbocycles. The van der Waals surface area contributed by atoms with Crippen molar-refractivity contribution >= 4 is 17.7 Å². The molecule has 1 aromatic rings. The molecular formula is C18H24N2O5. The Morgan fingerprint density at radius 3 is 2.68 bits per heavy atom. The first-order valence-electron chi connectivity index (χ1n) is 8.44. The monoisotopic (exact) mass is 348 g/mol. The lowest BCUT2D eigenvalue weighted by Gasteiger charge is -2.43. The molecule has 2 atom stereocenters. The Labute approximate surface area is 147 Å². The van der Waals surface area contributed by atoms with Crippen molar-refractivity contribution < 1.29 is 24.2 Å². The molecule has 1 aliphatic heterocycles. The predicted molar refractivity (Wildman–Crippen MR) is 90.1 cm³/mol. The molecule has 1 aliphatic rings. The molecule has 0 bridgehead atoms. The number of unbranched alkanes of at least 4 members (excludes halogenated alkanes) is 1. The van der Waals surface area contributed by atoms with Crippen LogP contribution in [0.25, 0.3) is 0 Å². The van der Waals surface area contributed by atoms with Gasteiger partial charge in [-0.3, -0.25) is 9.59 Å². The van der Waals surface area contributed by atoms with Crippen LogP contribution in [0.15, 0.2) is 18.3 Å². The first kappa shape index (κ1) is 18.9. The van der Waals surface area contributed by atoms with Gasteiger partial charge in [0.15, 0.2) is 0 Å². The lowest BCUT2D eigenvalue weighted by Crippen LogP contribution is -2.54. The van der Waals surface area contributed by atoms with E-state index in [9.17, 15) is 19.5 Å². The molecule has 1 amide bonds. The number of Topliss-reactive ketones (excluding diaryl/α,β-unsaturated/α-hetero) is 1. The zero-order valence-electron chi connectivity index (χ0n) is 14.6. The van der Waals surface area contributed by atoms with Gasteiger partial charge in [-0.05, 0) is 25.3 Å². The van der Waals surface area contributed by atoms with E-state index in [1.807, 2.05) is 0 Å². The maximum Gasteiger partial charge on any atom is 0.305 e. The van der Waals surface area contributed by atoms with E-state index in [-0.39, 0.29) is 24.0 Å². The number of ether oxygens (including phenoxy) is 1. The summed E-state index contributed by atoms with van der Waals surface area (Å²) in [5, 5.41) is 9.18. The number of nitrogens with zero attached hydrogens (tertiary/aromatic N) is 2. The average molecular weight is 348 g/mol. The number of rotatable bonds is 10. The van der Waals surface area contributed by atoms with Crippen LogP contribution in [0.4, 0.5) is 0 Å². The molecule has 2 heterocycles. The highest BCUT2D eigenvalue weighted by Gasteiger charge is 2.41. The number of hydrogen-bond donors (Lipinski definition) is 1. The van der Waals surface area contributed by atoms with Gasteiger partial charge in [0.05, 0.1) is 25.5 Å². The lowest BCUT2D eigenvalue weighted by atomic mass is 9.88. The van der Waals surface area contributed by atoms with Crippen molar-refractivity contribution in [3.8, 4) is 5.88 Å². The number of β-lactam (4-membered cyclic amide) rings is 1. The van der Waals surface area contributed by atoms with Gasteiger partial charge in [0.1, 0.15) is 5.78 Å². The minimum atomic E-state index is -0.960. The largest absolute Gasteiger partial charge is 0.481 e. The zero-order chi connectivity index (χ0) is 18.4. The van der Waals surface area contributed by atoms with E-state index in [1.54, 1.807) is 30.2 Å². The summed E-state index contributed by atoms with van der Waals surface area (Å²) < 4.78 is 5.01. The first-order chi connectivity index (χ1) is 11.9. The van der Waals surface area contributed by atoms with E-state index in [4.69, 9.17) is 4.74 Å². The summed E-state index contributed by atoms with van der Waals surface area (Å²) in [6.45, 7) is 2.11. The van der Waals surface area contributed by atoms with Crippen molar-refractivity contribution in [2.75, 3.05) is 13.7 Å². The second kappa shape index (κ2) is 8.60. The number of likely N-dealkylation sites (tertiary alicyclic amines) is 1. The predicted octanol–water partition coefficient (Wildman–Crippen LogP) is 2.21. The standard InChI is InChI=1S/C18H24N2O5/c1-12(21)5-3-4-6-14-11-20(18(14)24)15(9-17(22)23)13-7-8-16(25-2)19-10-13/h7-8,10,14-15H,3-6,9,11H2,1-2H3,(H,22,23)/t14-,15?/m0/s1. The average Bonchev–Trinajstić information content (AvgIpc) is 2.58. The summed E-state index contributed by atoms with van der Waals surface area (Å²) in [6, 6.07) is 2.89. The number of carbonyl (C=O) groups excluding carboxylic acids is 2. The van der Waals surface area contributed by atoms with Crippen molar-refractivity contribution in [3.05, 3.63) is 23.9 Å². The molecule has 1 N–H and O–H groups in total. The highest BCUT2D eigenvalue weighted by atomic mass is 16.5. The summed E-state index contributed by atoms with van der Waals surface area (Å²) in [6.07, 6.45) is 4.31. The van der Waals surface area contributed by atoms with Crippen LogP contribution < -0.4 is 4.74 Å². The van der Waals surface area contributed by atoms with Crippen LogP contribution in [-0.2, 0) is 14.4 Å². The van der Waals surface area contributed by atoms with E-state index in [0.717, 1.165) is 19.3 Å². The van der Waals surface area contributed by atoms with E-state index in [2.05, 4.69) is 4.98 Å². The van der Waals surface area contributed by atoms with Crippen LogP contribution in [0.5, 0.6) is 5.88 Å². The van der Waals surface area contributed by atoms with E-state index in [1.165, 1.54) is 7.11 Å². The van der Waals surface area contributed by atoms with Crippen LogP contribution in [-0.4, -0.2) is 46.3 Å². The Balaban J connectivity index is 1.96. The summed E-state index contributed by atoms with van der Waals surface area (Å²) in [5.74, 6) is -0.455. The zero-order valence-corrected chi connectivity index (χ0v) is 14.6. The second-order valence-electron chi connectivity index (χ2n) is 6.38. The summed E-state index contributed by atoms with van der Waals surface area (Å²) in [7, 11) is 1.51. The molecular weight excluding hydrogens is 324 g/mol. The number of aromatic nitrogens is 1. The van der Waals surface area contributed by atoms with Gasteiger partial charge in [0, 0.05) is 25.2 Å². The minimum absolute atomic E-state index is 0.0232. The maximum atomic E-state index is 12.4. The normalized spacial score (nSPS) is 17.8. The van der Waals surface area contributed by atoms with Gasteiger partial charge in [-0.2, -0.15) is 0 Å². The van der Waals surface area contributed by atoms with Gasteiger partial charge in [0.2, 0.25) is 11.8 Å². The Hall–Kier alpha value is -2.44. The molecule has 1 fully saturated rings. The fourth-order valence-electron chi connectivity index (χ4n) is 3.07. The van der Waals surface area contributed by atoms with Crippen molar-refractivity contribution in [2.45, 2.75) is 45.1 Å². The maximum absolute atomic E-state index is 12.4. The Morgan fingerprint density at radius 1 is 1.40 bits per heavy atom. The number of carboxylic acid groups (broad SMARTS) is 1. The second-order valence-corrected chi connectivity index (χ2v) is 6.38. The highest BCUT2D eigenvalue weighted by Crippen LogP contribution is 2.34. The van der Waals surface area contributed by atoms with Gasteiger partial charge < -0.3 is 19.5 Å². The van der Waals surface area contributed by atoms with E-state index < -0.39 is 12.0 Å². The Bertz CT molecular complexity index is 629. The Kier molecular flexibility index (Phi) is 6.50. The van der Waals surface area contributed by atoms with E-state index in [0.29, 0.717) is 24.4 Å². The fraction of sp³-hybridized carbons (Fsp3) is 0.556. The molecule has 0 saturated carbocycles. The molecule has 2 rings (SSSR count). The van der Waals surface area contributed by atoms with Gasteiger partial charge in [-0.25, -0.2) is 4.98 Å². The van der Waals surface area contributed by atoms with Crippen molar-refractivity contribution in [1.82, 2.24) is 9.88 Å². The first-order valence-corrected chi connectivity index (χ1v) is 8.44. The number of aliphatic carboxylic acids is 1. The number of ketones is 1. The summed E-state index contributed by atoms with van der Waals surface area (Å²) in [5.41, 5.74) is 0.687.